The van der Waals surface area contributed by atoms with E-state index < -0.39 is 6.17 Å². The van der Waals surface area contributed by atoms with Gasteiger partial charge in [0.2, 0.25) is 0 Å². The number of hydrogen-bond donors (Lipinski definition) is 0. The minimum absolute atomic E-state index is 0.417. The first-order valence-electron chi connectivity index (χ1n) is 3.11. The third-order valence-electron chi connectivity index (χ3n) is 2.27. The first-order valence-corrected chi connectivity index (χ1v) is 3.11. The van der Waals surface area contributed by atoms with Crippen molar-refractivity contribution in [1.29, 1.82) is 0 Å². The van der Waals surface area contributed by atoms with Crippen LogP contribution >= 0.6 is 0 Å². The summed E-state index contributed by atoms with van der Waals surface area (Å²) < 4.78 is 12.4. The van der Waals surface area contributed by atoms with E-state index in [4.69, 9.17) is 0 Å². The van der Waals surface area contributed by atoms with Gasteiger partial charge in [0.15, 0.2) is 0 Å². The van der Waals surface area contributed by atoms with Crippen LogP contribution in [0.4, 0.5) is 4.39 Å². The van der Waals surface area contributed by atoms with Gasteiger partial charge in [-0.25, -0.2) is 4.39 Å². The molecule has 2 rings (SSSR count). The fraction of sp³-hybridized carbons (Fsp3) is 1.00. The Balaban J connectivity index is 2.00. The molecule has 1 nitrogen and oxygen atoms in total. The van der Waals surface area contributed by atoms with E-state index in [0.29, 0.717) is 11.8 Å². The lowest BCUT2D eigenvalue weighted by Crippen LogP contribution is -2.19. The predicted octanol–water partition coefficient (Wildman–Crippen LogP) is 0.516. The van der Waals surface area contributed by atoms with Gasteiger partial charge in [-0.15, -0.1) is 0 Å². The van der Waals surface area contributed by atoms with Crippen LogP contribution in [0.1, 0.15) is 0 Å². The molecule has 1 aliphatic heterocycles. The van der Waals surface area contributed by atoms with Crippen molar-refractivity contribution >= 4 is 0 Å². The second-order valence-corrected chi connectivity index (χ2v) is 2.99. The van der Waals surface area contributed by atoms with E-state index in [2.05, 4.69) is 11.9 Å². The Bertz CT molecular complexity index is 103. The zero-order valence-corrected chi connectivity index (χ0v) is 4.97. The van der Waals surface area contributed by atoms with E-state index in [9.17, 15) is 4.39 Å². The Hall–Kier alpha value is -0.110. The Morgan fingerprint density at radius 1 is 1.38 bits per heavy atom. The smallest absolute Gasteiger partial charge is 0.109 e. The van der Waals surface area contributed by atoms with Crippen LogP contribution in [0, 0.1) is 11.8 Å². The molecular weight excluding hydrogens is 105 g/mol. The Kier molecular flexibility index (Phi) is 0.734. The van der Waals surface area contributed by atoms with Gasteiger partial charge in [-0.3, -0.25) is 0 Å². The van der Waals surface area contributed by atoms with Gasteiger partial charge < -0.3 is 4.90 Å². The van der Waals surface area contributed by atoms with Crippen molar-refractivity contribution in [2.45, 2.75) is 6.17 Å². The second kappa shape index (κ2) is 1.24. The molecule has 46 valence electrons. The average molecular weight is 115 g/mol. The molecule has 2 aliphatic rings. The number of alkyl halides is 1. The molecule has 1 unspecified atom stereocenters. The molecule has 1 aliphatic carbocycles. The number of fused-ring (bicyclic) bond motifs is 1. The zero-order chi connectivity index (χ0) is 5.72. The molecule has 0 N–H and O–H groups in total. The number of rotatable bonds is 0. The van der Waals surface area contributed by atoms with E-state index in [1.807, 2.05) is 0 Å². The molecule has 2 fully saturated rings. The van der Waals surface area contributed by atoms with Gasteiger partial charge in [0, 0.05) is 24.9 Å². The Morgan fingerprint density at radius 2 is 1.88 bits per heavy atom. The summed E-state index contributed by atoms with van der Waals surface area (Å²) in [6.07, 6.45) is -0.439. The van der Waals surface area contributed by atoms with Crippen molar-refractivity contribution in [2.75, 3.05) is 20.1 Å². The van der Waals surface area contributed by atoms with Crippen molar-refractivity contribution in [3.63, 3.8) is 0 Å². The maximum Gasteiger partial charge on any atom is 0.109 e. The maximum atomic E-state index is 12.4. The normalized spacial score (nSPS) is 54.0. The van der Waals surface area contributed by atoms with Gasteiger partial charge >= 0.3 is 0 Å². The third-order valence-corrected chi connectivity index (χ3v) is 2.27. The fourth-order valence-corrected chi connectivity index (χ4v) is 1.66. The van der Waals surface area contributed by atoms with Gasteiger partial charge in [-0.2, -0.15) is 0 Å². The summed E-state index contributed by atoms with van der Waals surface area (Å²) in [5.41, 5.74) is 0. The highest BCUT2D eigenvalue weighted by Crippen LogP contribution is 2.47. The highest BCUT2D eigenvalue weighted by molar-refractivity contribution is 5.05. The van der Waals surface area contributed by atoms with Crippen LogP contribution in [0.25, 0.3) is 0 Å². The van der Waals surface area contributed by atoms with Crippen LogP contribution in [0.15, 0.2) is 0 Å². The molecular formula is C6H10FN. The molecule has 0 bridgehead atoms. The van der Waals surface area contributed by atoms with Crippen molar-refractivity contribution in [3.8, 4) is 0 Å². The lowest BCUT2D eigenvalue weighted by Gasteiger charge is -2.08. The van der Waals surface area contributed by atoms with Gasteiger partial charge in [-0.05, 0) is 7.05 Å². The van der Waals surface area contributed by atoms with Crippen LogP contribution in [0.5, 0.6) is 0 Å². The SMILES string of the molecule is CN1C[C@@H]2C(F)[C@@H]2C1. The quantitative estimate of drug-likeness (QED) is 0.445. The molecule has 0 aromatic rings. The third kappa shape index (κ3) is 0.440. The summed E-state index contributed by atoms with van der Waals surface area (Å²) in [5, 5.41) is 0. The topological polar surface area (TPSA) is 3.24 Å². The van der Waals surface area contributed by atoms with Crippen LogP contribution < -0.4 is 0 Å². The molecule has 1 heterocycles. The average Bonchev–Trinajstić information content (AvgIpc) is 2.29. The largest absolute Gasteiger partial charge is 0.306 e. The molecule has 0 aromatic heterocycles. The fourth-order valence-electron chi connectivity index (χ4n) is 1.66. The predicted molar refractivity (Wildman–Crippen MR) is 29.4 cm³/mol. The summed E-state index contributed by atoms with van der Waals surface area (Å²) in [6, 6.07) is 0. The lowest BCUT2D eigenvalue weighted by molar-refractivity contribution is 0.301. The van der Waals surface area contributed by atoms with Crippen LogP contribution in [0.3, 0.4) is 0 Å². The molecule has 1 saturated carbocycles. The van der Waals surface area contributed by atoms with E-state index >= 15 is 0 Å². The molecule has 0 amide bonds. The molecule has 1 saturated heterocycles. The highest BCUT2D eigenvalue weighted by Gasteiger charge is 2.55. The zero-order valence-electron chi connectivity index (χ0n) is 4.97. The van der Waals surface area contributed by atoms with Crippen LogP contribution in [-0.2, 0) is 0 Å². The minimum Gasteiger partial charge on any atom is -0.306 e. The summed E-state index contributed by atoms with van der Waals surface area (Å²) >= 11 is 0. The van der Waals surface area contributed by atoms with Gasteiger partial charge in [0.1, 0.15) is 6.17 Å². The van der Waals surface area contributed by atoms with Crippen molar-refractivity contribution in [3.05, 3.63) is 0 Å². The molecule has 2 heteroatoms. The molecule has 3 atom stereocenters. The Morgan fingerprint density at radius 3 is 2.25 bits per heavy atom. The van der Waals surface area contributed by atoms with E-state index in [-0.39, 0.29) is 0 Å². The number of likely N-dealkylation sites (tertiary alicyclic amines) is 1. The molecule has 0 aromatic carbocycles. The number of hydrogen-bond acceptors (Lipinski definition) is 1. The number of nitrogens with zero attached hydrogens (tertiary/aromatic N) is 1. The van der Waals surface area contributed by atoms with E-state index in [0.717, 1.165) is 13.1 Å². The van der Waals surface area contributed by atoms with Crippen molar-refractivity contribution in [2.24, 2.45) is 11.8 Å². The van der Waals surface area contributed by atoms with E-state index in [1.54, 1.807) is 0 Å². The van der Waals surface area contributed by atoms with Crippen molar-refractivity contribution < 1.29 is 4.39 Å². The first kappa shape index (κ1) is 4.74. The van der Waals surface area contributed by atoms with Gasteiger partial charge in [0.25, 0.3) is 0 Å². The summed E-state index contributed by atoms with van der Waals surface area (Å²) in [5.74, 6) is 0.833. The summed E-state index contributed by atoms with van der Waals surface area (Å²) in [6.45, 7) is 1.98. The maximum absolute atomic E-state index is 12.4. The van der Waals surface area contributed by atoms with Crippen molar-refractivity contribution in [1.82, 2.24) is 4.90 Å². The van der Waals surface area contributed by atoms with Crippen LogP contribution in [-0.4, -0.2) is 31.2 Å². The minimum atomic E-state index is -0.439. The monoisotopic (exact) mass is 115 g/mol. The summed E-state index contributed by atoms with van der Waals surface area (Å²) in [7, 11) is 2.05. The summed E-state index contributed by atoms with van der Waals surface area (Å²) in [4.78, 5) is 2.20. The Labute approximate surface area is 48.5 Å². The molecule has 0 spiro atoms. The van der Waals surface area contributed by atoms with Gasteiger partial charge in [-0.1, -0.05) is 0 Å². The standard InChI is InChI=1S/C6H10FN/c1-8-2-4-5(3-8)6(4)7/h4-6H,2-3H2,1H3/t4-,5+,6?. The number of halogens is 1. The van der Waals surface area contributed by atoms with Crippen LogP contribution in [0.2, 0.25) is 0 Å². The first-order chi connectivity index (χ1) is 3.79. The second-order valence-electron chi connectivity index (χ2n) is 2.99. The molecule has 0 radical (unpaired) electrons. The lowest BCUT2D eigenvalue weighted by atomic mass is 10.4. The molecule has 8 heavy (non-hydrogen) atoms. The highest BCUT2D eigenvalue weighted by atomic mass is 19.1. The van der Waals surface area contributed by atoms with E-state index in [1.165, 1.54) is 0 Å². The van der Waals surface area contributed by atoms with Gasteiger partial charge in [0.05, 0.1) is 0 Å². The number of piperidine rings is 1.